The Hall–Kier alpha value is -1.36. The van der Waals surface area contributed by atoms with Crippen molar-refractivity contribution in [2.24, 2.45) is 0 Å². The van der Waals surface area contributed by atoms with Gasteiger partial charge in [0.25, 0.3) is 0 Å². The lowest BCUT2D eigenvalue weighted by Crippen LogP contribution is -2.17. The molecule has 0 heterocycles. The van der Waals surface area contributed by atoms with Crippen LogP contribution in [-0.4, -0.2) is 29.9 Å². The van der Waals surface area contributed by atoms with Crippen molar-refractivity contribution < 1.29 is 24.2 Å². The Morgan fingerprint density at radius 3 is 1.55 bits per heavy atom. The maximum atomic E-state index is 11.3. The van der Waals surface area contributed by atoms with Crippen LogP contribution in [-0.2, 0) is 19.1 Å². The van der Waals surface area contributed by atoms with Crippen LogP contribution in [0.1, 0.15) is 117 Å². The summed E-state index contributed by atoms with van der Waals surface area (Å²) in [5, 5.41) is 8.44. The molecule has 0 aliphatic heterocycles. The molecular weight excluding hydrogens is 368 g/mol. The third kappa shape index (κ3) is 22.8. The molecule has 0 amide bonds. The first-order valence-electron chi connectivity index (χ1n) is 11.8. The molecule has 0 aliphatic carbocycles. The van der Waals surface area contributed by atoms with Gasteiger partial charge >= 0.3 is 11.9 Å². The van der Waals surface area contributed by atoms with Gasteiger partial charge in [0.1, 0.15) is 0 Å². The Kier molecular flexibility index (Phi) is 20.3. The first kappa shape index (κ1) is 27.6. The second-order valence-electron chi connectivity index (χ2n) is 7.85. The van der Waals surface area contributed by atoms with E-state index in [4.69, 9.17) is 14.6 Å². The van der Waals surface area contributed by atoms with Crippen molar-refractivity contribution in [1.82, 2.24) is 0 Å². The number of esters is 1. The monoisotopic (exact) mass is 412 g/mol. The fourth-order valence-corrected chi connectivity index (χ4v) is 3.28. The van der Waals surface area contributed by atoms with Gasteiger partial charge in [0, 0.05) is 12.2 Å². The average Bonchev–Trinajstić information content (AvgIpc) is 2.68. The molecule has 0 spiro atoms. The smallest absolute Gasteiger partial charge is 0.333 e. The van der Waals surface area contributed by atoms with E-state index in [1.165, 1.54) is 89.9 Å². The van der Waals surface area contributed by atoms with Crippen molar-refractivity contribution in [3.8, 4) is 0 Å². The molecule has 0 aromatic carbocycles. The molecular formula is C24H44O5. The largest absolute Gasteiger partial charge is 0.478 e. The molecule has 1 N–H and O–H groups in total. The van der Waals surface area contributed by atoms with Gasteiger partial charge in [-0.05, 0) is 13.3 Å². The van der Waals surface area contributed by atoms with Gasteiger partial charge < -0.3 is 14.6 Å². The van der Waals surface area contributed by atoms with E-state index >= 15 is 0 Å². The van der Waals surface area contributed by atoms with Crippen molar-refractivity contribution in [3.63, 3.8) is 0 Å². The van der Waals surface area contributed by atoms with Gasteiger partial charge in [-0.3, -0.25) is 0 Å². The molecule has 0 saturated heterocycles. The average molecular weight is 413 g/mol. The Labute approximate surface area is 178 Å². The van der Waals surface area contributed by atoms with Crippen molar-refractivity contribution in [2.45, 2.75) is 123 Å². The molecule has 0 aliphatic rings. The maximum Gasteiger partial charge on any atom is 0.333 e. The van der Waals surface area contributed by atoms with Crippen LogP contribution < -0.4 is 0 Å². The van der Waals surface area contributed by atoms with E-state index in [9.17, 15) is 9.59 Å². The molecule has 1 atom stereocenters. The van der Waals surface area contributed by atoms with Gasteiger partial charge in [0.2, 0.25) is 0 Å². The van der Waals surface area contributed by atoms with Gasteiger partial charge in [-0.1, -0.05) is 103 Å². The molecule has 0 rings (SSSR count). The number of carboxylic acid groups (broad SMARTS) is 1. The molecule has 1 unspecified atom stereocenters. The predicted octanol–water partition coefficient (Wildman–Crippen LogP) is 6.79. The fourth-order valence-electron chi connectivity index (χ4n) is 3.28. The predicted molar refractivity (Wildman–Crippen MR) is 118 cm³/mol. The molecule has 0 saturated carbocycles. The molecule has 0 aromatic rings. The summed E-state index contributed by atoms with van der Waals surface area (Å²) < 4.78 is 10.3. The van der Waals surface area contributed by atoms with Crippen molar-refractivity contribution in [2.75, 3.05) is 6.61 Å². The topological polar surface area (TPSA) is 72.8 Å². The number of carbonyl (C=O) groups is 2. The number of ether oxygens (including phenoxy) is 2. The van der Waals surface area contributed by atoms with Crippen molar-refractivity contribution in [1.29, 1.82) is 0 Å². The Morgan fingerprint density at radius 1 is 0.724 bits per heavy atom. The highest BCUT2D eigenvalue weighted by molar-refractivity contribution is 5.90. The minimum absolute atomic E-state index is 0.551. The molecule has 170 valence electrons. The zero-order valence-corrected chi connectivity index (χ0v) is 18.8. The summed E-state index contributed by atoms with van der Waals surface area (Å²) >= 11 is 0. The van der Waals surface area contributed by atoms with Gasteiger partial charge in [-0.15, -0.1) is 0 Å². The summed E-state index contributed by atoms with van der Waals surface area (Å²) in [4.78, 5) is 21.6. The maximum absolute atomic E-state index is 11.3. The van der Waals surface area contributed by atoms with Gasteiger partial charge in [-0.25, -0.2) is 9.59 Å². The normalized spacial score (nSPS) is 12.3. The van der Waals surface area contributed by atoms with E-state index in [2.05, 4.69) is 6.92 Å². The summed E-state index contributed by atoms with van der Waals surface area (Å²) in [5.41, 5.74) is 0. The molecule has 0 bridgehead atoms. The quantitative estimate of drug-likeness (QED) is 0.0971. The number of carboxylic acids is 1. The van der Waals surface area contributed by atoms with Gasteiger partial charge in [0.05, 0.1) is 6.61 Å². The number of carbonyl (C=O) groups excluding carboxylic acids is 1. The van der Waals surface area contributed by atoms with Gasteiger partial charge in [0.15, 0.2) is 6.29 Å². The van der Waals surface area contributed by atoms with E-state index in [0.717, 1.165) is 25.0 Å². The van der Waals surface area contributed by atoms with E-state index in [1.807, 2.05) is 0 Å². The van der Waals surface area contributed by atoms with E-state index in [0.29, 0.717) is 6.61 Å². The Bertz CT molecular complexity index is 419. The number of aliphatic carboxylic acids is 1. The lowest BCUT2D eigenvalue weighted by atomic mass is 10.0. The van der Waals surface area contributed by atoms with Crippen molar-refractivity contribution in [3.05, 3.63) is 12.2 Å². The summed E-state index contributed by atoms with van der Waals surface area (Å²) in [6.07, 6.45) is 22.2. The summed E-state index contributed by atoms with van der Waals surface area (Å²) in [5.74, 6) is -1.88. The van der Waals surface area contributed by atoms with Crippen LogP contribution >= 0.6 is 0 Å². The Balaban J connectivity index is 3.25. The summed E-state index contributed by atoms with van der Waals surface area (Å²) in [6.45, 7) is 4.46. The molecule has 29 heavy (non-hydrogen) atoms. The second kappa shape index (κ2) is 21.4. The SMILES string of the molecule is CCCCCCCCCCCCCCCCCCOC(C)OC(=O)/C=C/C(=O)O. The molecule has 0 radical (unpaired) electrons. The molecule has 0 fully saturated rings. The zero-order valence-electron chi connectivity index (χ0n) is 18.8. The lowest BCUT2D eigenvalue weighted by molar-refractivity contribution is -0.169. The van der Waals surface area contributed by atoms with Crippen LogP contribution in [0, 0.1) is 0 Å². The third-order valence-corrected chi connectivity index (χ3v) is 4.99. The van der Waals surface area contributed by atoms with Crippen LogP contribution in [0.2, 0.25) is 0 Å². The summed E-state index contributed by atoms with van der Waals surface area (Å²) in [7, 11) is 0. The van der Waals surface area contributed by atoms with E-state index in [1.54, 1.807) is 6.92 Å². The number of hydrogen-bond donors (Lipinski definition) is 1. The van der Waals surface area contributed by atoms with Crippen molar-refractivity contribution >= 4 is 11.9 Å². The van der Waals surface area contributed by atoms with E-state index < -0.39 is 18.2 Å². The summed E-state index contributed by atoms with van der Waals surface area (Å²) in [6, 6.07) is 0. The van der Waals surface area contributed by atoms with Crippen LogP contribution in [0.5, 0.6) is 0 Å². The highest BCUT2D eigenvalue weighted by Gasteiger charge is 2.07. The fraction of sp³-hybridized carbons (Fsp3) is 0.833. The number of unbranched alkanes of at least 4 members (excludes halogenated alkanes) is 15. The van der Waals surface area contributed by atoms with Gasteiger partial charge in [-0.2, -0.15) is 0 Å². The highest BCUT2D eigenvalue weighted by atomic mass is 16.7. The minimum Gasteiger partial charge on any atom is -0.478 e. The number of hydrogen-bond acceptors (Lipinski definition) is 4. The Morgan fingerprint density at radius 2 is 1.14 bits per heavy atom. The van der Waals surface area contributed by atoms with Crippen LogP contribution in [0.4, 0.5) is 0 Å². The standard InChI is InChI=1S/C24H44O5/c1-3-4-5-6-7-8-9-10-11-12-13-14-15-16-17-18-21-28-22(2)29-24(27)20-19-23(25)26/h19-20,22H,3-18,21H2,1-2H3,(H,25,26)/b20-19+. The third-order valence-electron chi connectivity index (χ3n) is 4.99. The molecule has 5 heteroatoms. The second-order valence-corrected chi connectivity index (χ2v) is 7.85. The van der Waals surface area contributed by atoms with Crippen LogP contribution in [0.25, 0.3) is 0 Å². The first-order valence-corrected chi connectivity index (χ1v) is 11.8. The van der Waals surface area contributed by atoms with Crippen LogP contribution in [0.3, 0.4) is 0 Å². The molecule has 5 nitrogen and oxygen atoms in total. The lowest BCUT2D eigenvalue weighted by Gasteiger charge is -2.12. The zero-order chi connectivity index (χ0) is 21.6. The molecule has 0 aromatic heterocycles. The minimum atomic E-state index is -1.18. The van der Waals surface area contributed by atoms with E-state index in [-0.39, 0.29) is 0 Å². The van der Waals surface area contributed by atoms with Crippen LogP contribution in [0.15, 0.2) is 12.2 Å². The first-order chi connectivity index (χ1) is 14.1. The number of rotatable bonds is 21. The highest BCUT2D eigenvalue weighted by Crippen LogP contribution is 2.13.